The van der Waals surface area contributed by atoms with Crippen LogP contribution in [0, 0.1) is 17.8 Å². The van der Waals surface area contributed by atoms with Crippen LogP contribution in [0.1, 0.15) is 33.1 Å². The van der Waals surface area contributed by atoms with E-state index in [4.69, 9.17) is 5.73 Å². The molecule has 4 unspecified atom stereocenters. The molecule has 2 fully saturated rings. The molecule has 0 bridgehead atoms. The van der Waals surface area contributed by atoms with Gasteiger partial charge >= 0.3 is 0 Å². The molecule has 2 rings (SSSR count). The van der Waals surface area contributed by atoms with Crippen molar-refractivity contribution in [2.24, 2.45) is 23.5 Å². The summed E-state index contributed by atoms with van der Waals surface area (Å²) in [5, 5.41) is 0. The molecule has 0 radical (unpaired) electrons. The summed E-state index contributed by atoms with van der Waals surface area (Å²) in [6.45, 7) is 4.42. The molecule has 0 spiro atoms. The monoisotopic (exact) mass is 250 g/mol. The molecule has 1 heterocycles. The Bertz CT molecular complexity index is 378. The van der Waals surface area contributed by atoms with Gasteiger partial charge in [0, 0.05) is 0 Å². The van der Waals surface area contributed by atoms with Crippen molar-refractivity contribution in [3.05, 3.63) is 12.2 Å². The largest absolute Gasteiger partial charge is 0.330 e. The lowest BCUT2D eigenvalue weighted by Gasteiger charge is -2.24. The highest BCUT2D eigenvalue weighted by atomic mass is 16.2. The van der Waals surface area contributed by atoms with Crippen LogP contribution in [-0.4, -0.2) is 29.3 Å². The zero-order valence-electron chi connectivity index (χ0n) is 11.1. The van der Waals surface area contributed by atoms with E-state index in [0.29, 0.717) is 6.54 Å². The van der Waals surface area contributed by atoms with E-state index in [1.165, 1.54) is 4.90 Å². The Kier molecular flexibility index (Phi) is 3.85. The van der Waals surface area contributed by atoms with Crippen LogP contribution in [-0.2, 0) is 9.59 Å². The number of hydrogen-bond donors (Lipinski definition) is 1. The molecular formula is C14H22N2O2. The van der Waals surface area contributed by atoms with E-state index < -0.39 is 0 Å². The molecule has 1 saturated heterocycles. The Morgan fingerprint density at radius 3 is 2.67 bits per heavy atom. The molecular weight excluding hydrogens is 228 g/mol. The van der Waals surface area contributed by atoms with E-state index >= 15 is 0 Å². The first-order valence-corrected chi connectivity index (χ1v) is 6.85. The first-order valence-electron chi connectivity index (χ1n) is 6.85. The number of allylic oxidation sites excluding steroid dienone is 1. The molecule has 2 N–H and O–H groups in total. The van der Waals surface area contributed by atoms with Crippen LogP contribution in [0.2, 0.25) is 0 Å². The minimum atomic E-state index is -0.151. The number of nitrogens with two attached hydrogens (primary N) is 1. The number of rotatable bonds is 4. The van der Waals surface area contributed by atoms with Crippen molar-refractivity contribution < 1.29 is 9.59 Å². The summed E-state index contributed by atoms with van der Waals surface area (Å²) in [5.41, 5.74) is 5.71. The highest BCUT2D eigenvalue weighted by molar-refractivity contribution is 6.06. The number of likely N-dealkylation sites (tertiary alicyclic amines) is 1. The lowest BCUT2D eigenvalue weighted by molar-refractivity contribution is -0.142. The second kappa shape index (κ2) is 5.22. The third-order valence-electron chi connectivity index (χ3n) is 4.33. The van der Waals surface area contributed by atoms with E-state index in [9.17, 15) is 9.59 Å². The lowest BCUT2D eigenvalue weighted by Crippen LogP contribution is -2.40. The van der Waals surface area contributed by atoms with Crippen LogP contribution in [0.25, 0.3) is 0 Å². The summed E-state index contributed by atoms with van der Waals surface area (Å²) in [6, 6.07) is -0.0842. The molecule has 18 heavy (non-hydrogen) atoms. The predicted molar refractivity (Wildman–Crippen MR) is 69.5 cm³/mol. The SMILES string of the molecule is C/C=C\C(CC)N1C(=O)C2CCC(CN)C2C1=O. The van der Waals surface area contributed by atoms with E-state index in [2.05, 4.69) is 0 Å². The zero-order chi connectivity index (χ0) is 13.3. The molecule has 0 aromatic heterocycles. The lowest BCUT2D eigenvalue weighted by atomic mass is 9.92. The Hall–Kier alpha value is -1.16. The van der Waals surface area contributed by atoms with Crippen molar-refractivity contribution in [1.82, 2.24) is 4.90 Å². The minimum absolute atomic E-state index is 0.00269. The van der Waals surface area contributed by atoms with Crippen LogP contribution in [0.3, 0.4) is 0 Å². The summed E-state index contributed by atoms with van der Waals surface area (Å²) in [4.78, 5) is 26.3. The van der Waals surface area contributed by atoms with E-state index in [1.807, 2.05) is 26.0 Å². The van der Waals surface area contributed by atoms with Crippen molar-refractivity contribution in [3.63, 3.8) is 0 Å². The van der Waals surface area contributed by atoms with Crippen LogP contribution in [0.15, 0.2) is 12.2 Å². The van der Waals surface area contributed by atoms with Gasteiger partial charge in [-0.1, -0.05) is 19.1 Å². The molecule has 2 aliphatic rings. The molecule has 0 aromatic rings. The molecule has 4 atom stereocenters. The molecule has 100 valence electrons. The molecule has 2 amide bonds. The van der Waals surface area contributed by atoms with Crippen LogP contribution < -0.4 is 5.73 Å². The standard InChI is InChI=1S/C14H22N2O2/c1-3-5-10(4-2)16-13(17)11-7-6-9(8-15)12(11)14(16)18/h3,5,9-12H,4,6-8,15H2,1-2H3/b5-3-. The van der Waals surface area contributed by atoms with Gasteiger partial charge in [0.15, 0.2) is 0 Å². The van der Waals surface area contributed by atoms with Gasteiger partial charge < -0.3 is 5.73 Å². The molecule has 1 aliphatic heterocycles. The fraction of sp³-hybridized carbons (Fsp3) is 0.714. The predicted octanol–water partition coefficient (Wildman–Crippen LogP) is 1.31. The molecule has 4 nitrogen and oxygen atoms in total. The summed E-state index contributed by atoms with van der Waals surface area (Å²) < 4.78 is 0. The number of hydrogen-bond acceptors (Lipinski definition) is 3. The van der Waals surface area contributed by atoms with Crippen molar-refractivity contribution in [3.8, 4) is 0 Å². The maximum atomic E-state index is 12.5. The molecule has 1 aliphatic carbocycles. The topological polar surface area (TPSA) is 63.4 Å². The van der Waals surface area contributed by atoms with Gasteiger partial charge in [0.1, 0.15) is 0 Å². The van der Waals surface area contributed by atoms with Gasteiger partial charge in [0.2, 0.25) is 11.8 Å². The van der Waals surface area contributed by atoms with E-state index in [-0.39, 0.29) is 35.6 Å². The number of imide groups is 1. The number of nitrogens with zero attached hydrogens (tertiary/aromatic N) is 1. The minimum Gasteiger partial charge on any atom is -0.330 e. The fourth-order valence-electron chi connectivity index (χ4n) is 3.40. The zero-order valence-corrected chi connectivity index (χ0v) is 11.1. The quantitative estimate of drug-likeness (QED) is 0.604. The van der Waals surface area contributed by atoms with E-state index in [1.54, 1.807) is 0 Å². The van der Waals surface area contributed by atoms with E-state index in [0.717, 1.165) is 19.3 Å². The Morgan fingerprint density at radius 1 is 1.39 bits per heavy atom. The van der Waals surface area contributed by atoms with Crippen LogP contribution in [0.4, 0.5) is 0 Å². The number of fused-ring (bicyclic) bond motifs is 1. The smallest absolute Gasteiger partial charge is 0.233 e. The maximum Gasteiger partial charge on any atom is 0.233 e. The summed E-state index contributed by atoms with van der Waals surface area (Å²) in [5.74, 6) is -0.0412. The van der Waals surface area contributed by atoms with Crippen molar-refractivity contribution in [1.29, 1.82) is 0 Å². The average molecular weight is 250 g/mol. The summed E-state index contributed by atoms with van der Waals surface area (Å²) in [7, 11) is 0. The second-order valence-electron chi connectivity index (χ2n) is 5.25. The van der Waals surface area contributed by atoms with Gasteiger partial charge in [-0.25, -0.2) is 0 Å². The third-order valence-corrected chi connectivity index (χ3v) is 4.33. The summed E-state index contributed by atoms with van der Waals surface area (Å²) >= 11 is 0. The van der Waals surface area contributed by atoms with Gasteiger partial charge in [0.05, 0.1) is 17.9 Å². The van der Waals surface area contributed by atoms with Crippen LogP contribution in [0.5, 0.6) is 0 Å². The number of carbonyl (C=O) groups excluding carboxylic acids is 2. The Morgan fingerprint density at radius 2 is 2.11 bits per heavy atom. The molecule has 1 saturated carbocycles. The molecule has 0 aromatic carbocycles. The normalized spacial score (nSPS) is 33.5. The van der Waals surface area contributed by atoms with Crippen molar-refractivity contribution in [2.75, 3.05) is 6.54 Å². The van der Waals surface area contributed by atoms with Crippen LogP contribution >= 0.6 is 0 Å². The Labute approximate surface area is 108 Å². The highest BCUT2D eigenvalue weighted by Crippen LogP contribution is 2.44. The number of amides is 2. The van der Waals surface area contributed by atoms with Gasteiger partial charge in [-0.2, -0.15) is 0 Å². The first-order chi connectivity index (χ1) is 8.65. The maximum absolute atomic E-state index is 12.5. The third kappa shape index (κ3) is 1.88. The summed E-state index contributed by atoms with van der Waals surface area (Å²) in [6.07, 6.45) is 6.35. The number of carbonyl (C=O) groups is 2. The van der Waals surface area contributed by atoms with Crippen molar-refractivity contribution in [2.45, 2.75) is 39.2 Å². The molecule has 4 heteroatoms. The fourth-order valence-corrected chi connectivity index (χ4v) is 3.40. The average Bonchev–Trinajstić information content (AvgIpc) is 2.89. The van der Waals surface area contributed by atoms with Crippen molar-refractivity contribution >= 4 is 11.8 Å². The highest BCUT2D eigenvalue weighted by Gasteiger charge is 2.54. The van der Waals surface area contributed by atoms with Gasteiger partial charge in [0.25, 0.3) is 0 Å². The van der Waals surface area contributed by atoms with Gasteiger partial charge in [-0.15, -0.1) is 0 Å². The second-order valence-corrected chi connectivity index (χ2v) is 5.25. The first kappa shape index (κ1) is 13.3. The van der Waals surface area contributed by atoms with Gasteiger partial charge in [-0.3, -0.25) is 14.5 Å². The Balaban J connectivity index is 2.25. The van der Waals surface area contributed by atoms with Gasteiger partial charge in [-0.05, 0) is 38.6 Å².